The summed E-state index contributed by atoms with van der Waals surface area (Å²) < 4.78 is 18.7. The number of hydrogen-bond acceptors (Lipinski definition) is 5. The molecule has 0 saturated carbocycles. The third-order valence-electron chi connectivity index (χ3n) is 11.6. The Kier molecular flexibility index (Phi) is 7.74. The molecule has 2 atom stereocenters. The Labute approximate surface area is 315 Å². The van der Waals surface area contributed by atoms with Gasteiger partial charge in [0.05, 0.1) is 14.2 Å². The van der Waals surface area contributed by atoms with Crippen LogP contribution in [0, 0.1) is 31.1 Å². The molecule has 9 rings (SSSR count). The number of fused-ring (bicyclic) bond motifs is 10. The van der Waals surface area contributed by atoms with Crippen LogP contribution in [0.2, 0.25) is 0 Å². The molecule has 0 fully saturated rings. The summed E-state index contributed by atoms with van der Waals surface area (Å²) in [6, 6.07) is 45.8. The van der Waals surface area contributed by atoms with E-state index in [1.54, 1.807) is 0 Å². The highest BCUT2D eigenvalue weighted by Gasteiger charge is 2.68. The molecule has 2 bridgehead atoms. The van der Waals surface area contributed by atoms with Crippen LogP contribution in [0.4, 0.5) is 0 Å². The molecule has 0 amide bonds. The summed E-state index contributed by atoms with van der Waals surface area (Å²) in [5.41, 5.74) is 9.60. The summed E-state index contributed by atoms with van der Waals surface area (Å²) in [6.45, 7) is 4.13. The molecule has 1 aliphatic carbocycles. The lowest BCUT2D eigenvalue weighted by Crippen LogP contribution is -2.42. The van der Waals surface area contributed by atoms with Crippen molar-refractivity contribution in [3.8, 4) is 23.0 Å². The lowest BCUT2D eigenvalue weighted by atomic mass is 9.64. The third-order valence-corrected chi connectivity index (χ3v) is 11.6. The zero-order chi connectivity index (χ0) is 37.2. The molecule has 5 nitrogen and oxygen atoms in total. The first-order chi connectivity index (χ1) is 26.3. The van der Waals surface area contributed by atoms with E-state index in [2.05, 4.69) is 111 Å². The zero-order valence-corrected chi connectivity index (χ0v) is 30.7. The van der Waals surface area contributed by atoms with E-state index < -0.39 is 28.6 Å². The molecule has 6 aromatic rings. The summed E-state index contributed by atoms with van der Waals surface area (Å²) in [5, 5.41) is 0. The second-order valence-corrected chi connectivity index (χ2v) is 14.6. The van der Waals surface area contributed by atoms with E-state index in [0.29, 0.717) is 0 Å². The van der Waals surface area contributed by atoms with Crippen LogP contribution in [-0.2, 0) is 47.8 Å². The van der Waals surface area contributed by atoms with E-state index in [1.807, 2.05) is 48.5 Å². The molecule has 2 aliphatic heterocycles. The van der Waals surface area contributed by atoms with Gasteiger partial charge >= 0.3 is 11.9 Å². The molecule has 5 heteroatoms. The summed E-state index contributed by atoms with van der Waals surface area (Å²) in [4.78, 5) is 28.0. The van der Waals surface area contributed by atoms with Gasteiger partial charge in [0.1, 0.15) is 11.2 Å². The summed E-state index contributed by atoms with van der Waals surface area (Å²) in [5.74, 6) is 5.85. The summed E-state index contributed by atoms with van der Waals surface area (Å²) in [7, 11) is 2.65. The molecule has 0 radical (unpaired) electrons. The SMILES string of the molecule is COC(=O)C1(C(=O)OC)Cc2c(C#Cc3ccc(C)cc3)c(-c3ccc(C)cc3)c3c(c2C1)C1(c2ccccc2)OC3(c2ccccc2)c2ccccc21. The number of esters is 2. The van der Waals surface area contributed by atoms with Crippen molar-refractivity contribution in [3.05, 3.63) is 200 Å². The Bertz CT molecular complexity index is 2530. The molecule has 264 valence electrons. The van der Waals surface area contributed by atoms with Gasteiger partial charge in [-0.3, -0.25) is 9.59 Å². The number of ether oxygens (including phenoxy) is 3. The summed E-state index contributed by atoms with van der Waals surface area (Å²) in [6.07, 6.45) is 0.138. The molecular formula is C49H38O5. The number of aryl methyl sites for hydroxylation is 2. The van der Waals surface area contributed by atoms with Crippen molar-refractivity contribution in [2.75, 3.05) is 14.2 Å². The second kappa shape index (κ2) is 12.4. The van der Waals surface area contributed by atoms with E-state index >= 15 is 0 Å². The third kappa shape index (κ3) is 4.57. The lowest BCUT2D eigenvalue weighted by Gasteiger charge is -2.35. The molecule has 2 unspecified atom stereocenters. The van der Waals surface area contributed by atoms with Crippen molar-refractivity contribution >= 4 is 11.9 Å². The van der Waals surface area contributed by atoms with Gasteiger partial charge in [0.2, 0.25) is 0 Å². The molecule has 0 spiro atoms. The molecular weight excluding hydrogens is 669 g/mol. The van der Waals surface area contributed by atoms with Crippen LogP contribution in [0.3, 0.4) is 0 Å². The van der Waals surface area contributed by atoms with E-state index in [1.165, 1.54) is 14.2 Å². The van der Waals surface area contributed by atoms with Gasteiger partial charge in [0, 0.05) is 40.7 Å². The largest absolute Gasteiger partial charge is 0.468 e. The predicted molar refractivity (Wildman–Crippen MR) is 208 cm³/mol. The first-order valence-corrected chi connectivity index (χ1v) is 18.2. The van der Waals surface area contributed by atoms with Crippen molar-refractivity contribution in [1.29, 1.82) is 0 Å². The minimum atomic E-state index is -1.62. The van der Waals surface area contributed by atoms with Crippen LogP contribution in [-0.4, -0.2) is 26.2 Å². The maximum Gasteiger partial charge on any atom is 0.323 e. The number of rotatable bonds is 5. The van der Waals surface area contributed by atoms with Crippen LogP contribution in [0.25, 0.3) is 11.1 Å². The average molecular weight is 707 g/mol. The van der Waals surface area contributed by atoms with Crippen LogP contribution in [0.1, 0.15) is 66.8 Å². The number of benzene rings is 6. The summed E-state index contributed by atoms with van der Waals surface area (Å²) >= 11 is 0. The van der Waals surface area contributed by atoms with E-state index in [0.717, 1.165) is 77.9 Å². The van der Waals surface area contributed by atoms with Crippen molar-refractivity contribution in [2.24, 2.45) is 5.41 Å². The van der Waals surface area contributed by atoms with Crippen molar-refractivity contribution < 1.29 is 23.8 Å². The van der Waals surface area contributed by atoms with Crippen molar-refractivity contribution in [2.45, 2.75) is 37.9 Å². The fourth-order valence-corrected chi connectivity index (χ4v) is 9.20. The fraction of sp³-hybridized carbons (Fsp3) is 0.184. The van der Waals surface area contributed by atoms with Crippen LogP contribution in [0.15, 0.2) is 133 Å². The zero-order valence-electron chi connectivity index (χ0n) is 30.7. The monoisotopic (exact) mass is 706 g/mol. The lowest BCUT2D eigenvalue weighted by molar-refractivity contribution is -0.168. The molecule has 0 saturated heterocycles. The van der Waals surface area contributed by atoms with Crippen molar-refractivity contribution in [1.82, 2.24) is 0 Å². The Balaban J connectivity index is 1.51. The maximum absolute atomic E-state index is 14.0. The molecule has 6 aromatic carbocycles. The molecule has 54 heavy (non-hydrogen) atoms. The first-order valence-electron chi connectivity index (χ1n) is 18.2. The molecule has 3 aliphatic rings. The van der Waals surface area contributed by atoms with Gasteiger partial charge in [-0.15, -0.1) is 0 Å². The highest BCUT2D eigenvalue weighted by atomic mass is 16.5. The number of carbonyl (C=O) groups excluding carboxylic acids is 2. The Morgan fingerprint density at radius 3 is 1.59 bits per heavy atom. The maximum atomic E-state index is 14.0. The number of methoxy groups -OCH3 is 2. The first kappa shape index (κ1) is 33.6. The topological polar surface area (TPSA) is 61.8 Å². The Morgan fingerprint density at radius 1 is 0.574 bits per heavy atom. The average Bonchev–Trinajstić information content (AvgIpc) is 3.88. The minimum Gasteiger partial charge on any atom is -0.468 e. The quantitative estimate of drug-likeness (QED) is 0.102. The van der Waals surface area contributed by atoms with Crippen LogP contribution >= 0.6 is 0 Å². The minimum absolute atomic E-state index is 0.0661. The van der Waals surface area contributed by atoms with Gasteiger partial charge in [-0.25, -0.2) is 0 Å². The highest BCUT2D eigenvalue weighted by molar-refractivity contribution is 6.03. The number of hydrogen-bond donors (Lipinski definition) is 0. The Hall–Kier alpha value is -6.22. The Morgan fingerprint density at radius 2 is 1.06 bits per heavy atom. The smallest absolute Gasteiger partial charge is 0.323 e. The van der Waals surface area contributed by atoms with E-state index in [9.17, 15) is 9.59 Å². The van der Waals surface area contributed by atoms with Crippen molar-refractivity contribution in [3.63, 3.8) is 0 Å². The van der Waals surface area contributed by atoms with Gasteiger partial charge < -0.3 is 14.2 Å². The van der Waals surface area contributed by atoms with Gasteiger partial charge in [-0.2, -0.15) is 0 Å². The van der Waals surface area contributed by atoms with E-state index in [4.69, 9.17) is 14.2 Å². The van der Waals surface area contributed by atoms with Crippen LogP contribution in [0.5, 0.6) is 0 Å². The second-order valence-electron chi connectivity index (χ2n) is 14.6. The predicted octanol–water partition coefficient (Wildman–Crippen LogP) is 8.73. The van der Waals surface area contributed by atoms with Gasteiger partial charge in [0.15, 0.2) is 5.41 Å². The van der Waals surface area contributed by atoms with Gasteiger partial charge in [-0.1, -0.05) is 144 Å². The van der Waals surface area contributed by atoms with Gasteiger partial charge in [0.25, 0.3) is 0 Å². The molecule has 0 aromatic heterocycles. The van der Waals surface area contributed by atoms with Gasteiger partial charge in [-0.05, 0) is 64.9 Å². The van der Waals surface area contributed by atoms with E-state index in [-0.39, 0.29) is 12.8 Å². The fourth-order valence-electron chi connectivity index (χ4n) is 9.20. The van der Waals surface area contributed by atoms with Crippen LogP contribution < -0.4 is 0 Å². The molecule has 0 N–H and O–H groups in total. The normalized spacial score (nSPS) is 19.6. The number of carbonyl (C=O) groups is 2. The molecule has 2 heterocycles. The standard InChI is InChI=1S/C49H38O5/c1-31-19-23-33(24-20-31)25-28-37-38-29-47(45(50)52-3,46(51)53-4)30-39(38)43-44(42(37)34-26-21-32(2)22-27-34)49(36-15-9-6-10-16-36)41-18-12-11-17-40(41)48(43,54-49)35-13-7-5-8-14-35/h5-24,26-27H,29-30H2,1-4H3. The highest BCUT2D eigenvalue weighted by Crippen LogP contribution is 2.70.